The number of likely N-dealkylation sites (tertiary alicyclic amines) is 1. The molecule has 1 amide bonds. The Balaban J connectivity index is 1.44. The average molecular weight is 390 g/mol. The Morgan fingerprint density at radius 3 is 2.72 bits per heavy atom. The van der Waals surface area contributed by atoms with Crippen molar-refractivity contribution in [3.8, 4) is 5.75 Å². The van der Waals surface area contributed by atoms with Crippen LogP contribution in [0.1, 0.15) is 35.8 Å². The fourth-order valence-electron chi connectivity index (χ4n) is 3.76. The van der Waals surface area contributed by atoms with Crippen molar-refractivity contribution >= 4 is 5.91 Å². The minimum Gasteiger partial charge on any atom is -0.484 e. The van der Waals surface area contributed by atoms with Crippen LogP contribution in [0.25, 0.3) is 0 Å². The SMILES string of the molecule is O=C(COc1ccccc1)N1CCCC1c1cccc(Cc2cccc(F)c2)n1. The van der Waals surface area contributed by atoms with Gasteiger partial charge in [0.25, 0.3) is 5.91 Å². The number of amides is 1. The molecule has 1 aliphatic heterocycles. The van der Waals surface area contributed by atoms with Crippen LogP contribution < -0.4 is 4.74 Å². The maximum Gasteiger partial charge on any atom is 0.261 e. The summed E-state index contributed by atoms with van der Waals surface area (Å²) in [5, 5.41) is 0. The van der Waals surface area contributed by atoms with Crippen LogP contribution in [0.3, 0.4) is 0 Å². The Morgan fingerprint density at radius 2 is 1.90 bits per heavy atom. The first kappa shape index (κ1) is 19.1. The molecule has 0 N–H and O–H groups in total. The van der Waals surface area contributed by atoms with Crippen LogP contribution in [0, 0.1) is 5.82 Å². The van der Waals surface area contributed by atoms with Crippen molar-refractivity contribution in [2.45, 2.75) is 25.3 Å². The van der Waals surface area contributed by atoms with Gasteiger partial charge in [-0.25, -0.2) is 4.39 Å². The highest BCUT2D eigenvalue weighted by molar-refractivity contribution is 5.78. The van der Waals surface area contributed by atoms with Crippen LogP contribution in [-0.2, 0) is 11.2 Å². The number of ether oxygens (including phenoxy) is 1. The molecule has 0 bridgehead atoms. The molecule has 1 saturated heterocycles. The van der Waals surface area contributed by atoms with Gasteiger partial charge >= 0.3 is 0 Å². The van der Waals surface area contributed by atoms with E-state index in [1.807, 2.05) is 59.5 Å². The summed E-state index contributed by atoms with van der Waals surface area (Å²) in [5.41, 5.74) is 2.63. The molecule has 0 spiro atoms. The number of nitrogens with zero attached hydrogens (tertiary/aromatic N) is 2. The normalized spacial score (nSPS) is 16.0. The number of hydrogen-bond donors (Lipinski definition) is 0. The van der Waals surface area contributed by atoms with Crippen LogP contribution in [0.5, 0.6) is 5.75 Å². The van der Waals surface area contributed by atoms with Gasteiger partial charge in [0.05, 0.1) is 11.7 Å². The Hall–Kier alpha value is -3.21. The lowest BCUT2D eigenvalue weighted by molar-refractivity contribution is -0.134. The van der Waals surface area contributed by atoms with Gasteiger partial charge in [-0.05, 0) is 54.8 Å². The number of carbonyl (C=O) groups excluding carboxylic acids is 1. The van der Waals surface area contributed by atoms with Gasteiger partial charge in [0.15, 0.2) is 6.61 Å². The van der Waals surface area contributed by atoms with Crippen LogP contribution in [0.4, 0.5) is 4.39 Å². The molecular formula is C24H23FN2O2. The molecule has 2 aromatic carbocycles. The fourth-order valence-corrected chi connectivity index (χ4v) is 3.76. The van der Waals surface area contributed by atoms with Crippen LogP contribution in [0.2, 0.25) is 0 Å². The monoisotopic (exact) mass is 390 g/mol. The maximum atomic E-state index is 13.5. The number of carbonyl (C=O) groups is 1. The van der Waals surface area contributed by atoms with Crippen molar-refractivity contribution in [2.24, 2.45) is 0 Å². The Labute approximate surface area is 170 Å². The van der Waals surface area contributed by atoms with Gasteiger partial charge in [-0.1, -0.05) is 36.4 Å². The van der Waals surface area contributed by atoms with Gasteiger partial charge in [-0.3, -0.25) is 9.78 Å². The van der Waals surface area contributed by atoms with E-state index in [0.29, 0.717) is 18.7 Å². The Bertz CT molecular complexity index is 977. The topological polar surface area (TPSA) is 42.4 Å². The molecule has 3 aromatic rings. The van der Waals surface area contributed by atoms with E-state index in [-0.39, 0.29) is 24.4 Å². The van der Waals surface area contributed by atoms with Crippen LogP contribution in [-0.4, -0.2) is 28.9 Å². The van der Waals surface area contributed by atoms with Crippen molar-refractivity contribution in [3.63, 3.8) is 0 Å². The zero-order chi connectivity index (χ0) is 20.1. The molecule has 4 nitrogen and oxygen atoms in total. The highest BCUT2D eigenvalue weighted by Gasteiger charge is 2.31. The van der Waals surface area contributed by atoms with Crippen molar-refractivity contribution in [2.75, 3.05) is 13.2 Å². The van der Waals surface area contributed by atoms with E-state index in [2.05, 4.69) is 0 Å². The lowest BCUT2D eigenvalue weighted by Crippen LogP contribution is -2.34. The van der Waals surface area contributed by atoms with Gasteiger partial charge in [-0.15, -0.1) is 0 Å². The Kier molecular flexibility index (Phi) is 5.84. The van der Waals surface area contributed by atoms with Gasteiger partial charge in [0.1, 0.15) is 11.6 Å². The van der Waals surface area contributed by atoms with Crippen LogP contribution in [0.15, 0.2) is 72.8 Å². The van der Waals surface area contributed by atoms with Gasteiger partial charge < -0.3 is 9.64 Å². The number of benzene rings is 2. The molecule has 1 aromatic heterocycles. The molecule has 4 rings (SSSR count). The van der Waals surface area contributed by atoms with Crippen molar-refractivity contribution in [1.82, 2.24) is 9.88 Å². The van der Waals surface area contributed by atoms with Gasteiger partial charge in [0, 0.05) is 18.7 Å². The second-order valence-corrected chi connectivity index (χ2v) is 7.21. The van der Waals surface area contributed by atoms with Crippen LogP contribution >= 0.6 is 0 Å². The molecule has 148 valence electrons. The first-order valence-corrected chi connectivity index (χ1v) is 9.86. The second kappa shape index (κ2) is 8.86. The summed E-state index contributed by atoms with van der Waals surface area (Å²) in [7, 11) is 0. The van der Waals surface area contributed by atoms with E-state index in [0.717, 1.165) is 29.8 Å². The summed E-state index contributed by atoms with van der Waals surface area (Å²) in [6.07, 6.45) is 2.38. The molecular weight excluding hydrogens is 367 g/mol. The molecule has 1 unspecified atom stereocenters. The molecule has 1 fully saturated rings. The van der Waals surface area contributed by atoms with E-state index < -0.39 is 0 Å². The molecule has 0 aliphatic carbocycles. The van der Waals surface area contributed by atoms with Crippen molar-refractivity contribution in [1.29, 1.82) is 0 Å². The summed E-state index contributed by atoms with van der Waals surface area (Å²) >= 11 is 0. The molecule has 5 heteroatoms. The van der Waals surface area contributed by atoms with E-state index in [9.17, 15) is 9.18 Å². The first-order valence-electron chi connectivity index (χ1n) is 9.86. The molecule has 1 atom stereocenters. The van der Waals surface area contributed by atoms with Gasteiger partial charge in [-0.2, -0.15) is 0 Å². The van der Waals surface area contributed by atoms with E-state index >= 15 is 0 Å². The summed E-state index contributed by atoms with van der Waals surface area (Å²) < 4.78 is 19.1. The molecule has 29 heavy (non-hydrogen) atoms. The lowest BCUT2D eigenvalue weighted by atomic mass is 10.1. The minimum absolute atomic E-state index is 0.0174. The third kappa shape index (κ3) is 4.80. The zero-order valence-corrected chi connectivity index (χ0v) is 16.1. The number of halogens is 1. The molecule has 2 heterocycles. The third-order valence-corrected chi connectivity index (χ3v) is 5.12. The summed E-state index contributed by atoms with van der Waals surface area (Å²) in [5.74, 6) is 0.408. The first-order chi connectivity index (χ1) is 14.2. The van der Waals surface area contributed by atoms with E-state index in [1.54, 1.807) is 6.07 Å². The standard InChI is InChI=1S/C24H23FN2O2/c25-19-8-4-7-18(15-19)16-20-9-5-12-22(26-20)23-13-6-14-27(23)24(28)17-29-21-10-2-1-3-11-21/h1-5,7-12,15,23H,6,13-14,16-17H2. The zero-order valence-electron chi connectivity index (χ0n) is 16.1. The van der Waals surface area contributed by atoms with E-state index in [1.165, 1.54) is 12.1 Å². The predicted molar refractivity (Wildman–Crippen MR) is 109 cm³/mol. The number of para-hydroxylation sites is 1. The third-order valence-electron chi connectivity index (χ3n) is 5.12. The number of pyridine rings is 1. The Morgan fingerprint density at radius 1 is 1.07 bits per heavy atom. The average Bonchev–Trinajstić information content (AvgIpc) is 3.23. The largest absolute Gasteiger partial charge is 0.484 e. The summed E-state index contributed by atoms with van der Waals surface area (Å²) in [4.78, 5) is 19.4. The van der Waals surface area contributed by atoms with Crippen molar-refractivity contribution in [3.05, 3.63) is 95.6 Å². The summed E-state index contributed by atoms with van der Waals surface area (Å²) in [6, 6.07) is 21.7. The lowest BCUT2D eigenvalue weighted by Gasteiger charge is -2.24. The second-order valence-electron chi connectivity index (χ2n) is 7.21. The number of aromatic nitrogens is 1. The quantitative estimate of drug-likeness (QED) is 0.620. The van der Waals surface area contributed by atoms with Crippen molar-refractivity contribution < 1.29 is 13.9 Å². The molecule has 1 aliphatic rings. The number of rotatable bonds is 6. The van der Waals surface area contributed by atoms with Gasteiger partial charge in [0.2, 0.25) is 0 Å². The molecule has 0 saturated carbocycles. The van der Waals surface area contributed by atoms with E-state index in [4.69, 9.17) is 9.72 Å². The summed E-state index contributed by atoms with van der Waals surface area (Å²) in [6.45, 7) is 0.723. The predicted octanol–water partition coefficient (Wildman–Crippen LogP) is 4.55. The number of hydrogen-bond acceptors (Lipinski definition) is 3. The minimum atomic E-state index is -0.246. The smallest absolute Gasteiger partial charge is 0.261 e. The fraction of sp³-hybridized carbons (Fsp3) is 0.250. The molecule has 0 radical (unpaired) electrons. The maximum absolute atomic E-state index is 13.5. The highest BCUT2D eigenvalue weighted by Crippen LogP contribution is 2.31. The highest BCUT2D eigenvalue weighted by atomic mass is 19.1.